The summed E-state index contributed by atoms with van der Waals surface area (Å²) in [5.41, 5.74) is 1.12. The Morgan fingerprint density at radius 3 is 2.65 bits per heavy atom. The first-order chi connectivity index (χ1) is 11.1. The summed E-state index contributed by atoms with van der Waals surface area (Å²) >= 11 is 0. The Morgan fingerprint density at radius 1 is 1.35 bits per heavy atom. The Balaban J connectivity index is 2.01. The molecule has 0 aromatic heterocycles. The summed E-state index contributed by atoms with van der Waals surface area (Å²) < 4.78 is 10.8. The molecule has 2 heterocycles. The smallest absolute Gasteiger partial charge is 0.161 e. The maximum atomic E-state index is 10.8. The van der Waals surface area contributed by atoms with Gasteiger partial charge in [-0.3, -0.25) is 4.90 Å². The fourth-order valence-electron chi connectivity index (χ4n) is 4.04. The quantitative estimate of drug-likeness (QED) is 0.867. The second kappa shape index (κ2) is 6.03. The molecule has 0 saturated carbocycles. The molecule has 0 spiro atoms. The highest BCUT2D eigenvalue weighted by Crippen LogP contribution is 2.46. The lowest BCUT2D eigenvalue weighted by atomic mass is 9.73. The van der Waals surface area contributed by atoms with Crippen LogP contribution in [0.5, 0.6) is 11.5 Å². The van der Waals surface area contributed by atoms with Gasteiger partial charge in [0.05, 0.1) is 20.3 Å². The van der Waals surface area contributed by atoms with Gasteiger partial charge < -0.3 is 14.6 Å². The molecule has 2 aliphatic rings. The molecule has 1 saturated heterocycles. The lowest BCUT2D eigenvalue weighted by Gasteiger charge is -2.48. The minimum absolute atomic E-state index is 0.00504. The predicted molar refractivity (Wildman–Crippen MR) is 86.5 cm³/mol. The maximum absolute atomic E-state index is 10.8. The molecule has 0 bridgehead atoms. The molecule has 1 N–H and O–H groups in total. The lowest BCUT2D eigenvalue weighted by molar-refractivity contribution is -0.0608. The molecule has 1 aromatic rings. The highest BCUT2D eigenvalue weighted by molar-refractivity contribution is 5.50. The monoisotopic (exact) mass is 316 g/mol. The van der Waals surface area contributed by atoms with Crippen LogP contribution in [0.25, 0.3) is 0 Å². The van der Waals surface area contributed by atoms with Crippen molar-refractivity contribution in [3.8, 4) is 17.6 Å². The normalized spacial score (nSPS) is 30.0. The van der Waals surface area contributed by atoms with E-state index in [4.69, 9.17) is 9.47 Å². The van der Waals surface area contributed by atoms with Gasteiger partial charge in [-0.1, -0.05) is 6.92 Å². The number of benzene rings is 1. The van der Waals surface area contributed by atoms with Gasteiger partial charge in [-0.2, -0.15) is 5.26 Å². The Morgan fingerprint density at radius 2 is 2.04 bits per heavy atom. The van der Waals surface area contributed by atoms with E-state index in [1.807, 2.05) is 19.1 Å². The van der Waals surface area contributed by atoms with Crippen LogP contribution in [0.15, 0.2) is 12.1 Å². The van der Waals surface area contributed by atoms with Gasteiger partial charge >= 0.3 is 0 Å². The van der Waals surface area contributed by atoms with Crippen molar-refractivity contribution in [2.45, 2.75) is 37.8 Å². The number of methoxy groups -OCH3 is 2. The van der Waals surface area contributed by atoms with Crippen molar-refractivity contribution in [2.24, 2.45) is 5.92 Å². The van der Waals surface area contributed by atoms with Crippen LogP contribution in [0, 0.1) is 17.2 Å². The molecular weight excluding hydrogens is 292 g/mol. The van der Waals surface area contributed by atoms with E-state index in [2.05, 4.69) is 11.0 Å². The zero-order valence-electron chi connectivity index (χ0n) is 14.0. The summed E-state index contributed by atoms with van der Waals surface area (Å²) in [6, 6.07) is 6.27. The number of rotatable bonds is 3. The first kappa shape index (κ1) is 16.1. The molecule has 124 valence electrons. The van der Waals surface area contributed by atoms with Gasteiger partial charge in [0.15, 0.2) is 17.1 Å². The van der Waals surface area contributed by atoms with Crippen molar-refractivity contribution >= 4 is 0 Å². The van der Waals surface area contributed by atoms with Gasteiger partial charge in [-0.05, 0) is 36.1 Å². The molecular formula is C18H24N2O3. The van der Waals surface area contributed by atoms with E-state index in [1.165, 1.54) is 5.56 Å². The highest BCUT2D eigenvalue weighted by atomic mass is 16.5. The molecule has 3 atom stereocenters. The van der Waals surface area contributed by atoms with Crippen LogP contribution in [0.4, 0.5) is 0 Å². The molecule has 2 aliphatic heterocycles. The van der Waals surface area contributed by atoms with Gasteiger partial charge in [0.25, 0.3) is 0 Å². The second-order valence-electron chi connectivity index (χ2n) is 6.51. The van der Waals surface area contributed by atoms with Gasteiger partial charge in [-0.15, -0.1) is 0 Å². The van der Waals surface area contributed by atoms with E-state index >= 15 is 0 Å². The SMILES string of the molecule is CC[C@@H]1CN2CCc3cc(OC)c(OC)cc3[C@@H]2C[C@]1(O)C#N. The molecule has 1 aromatic carbocycles. The number of nitriles is 1. The van der Waals surface area contributed by atoms with Crippen molar-refractivity contribution in [3.63, 3.8) is 0 Å². The molecule has 3 rings (SSSR count). The van der Waals surface area contributed by atoms with E-state index < -0.39 is 5.60 Å². The second-order valence-corrected chi connectivity index (χ2v) is 6.51. The number of ether oxygens (including phenoxy) is 2. The third kappa shape index (κ3) is 2.56. The predicted octanol–water partition coefficient (Wildman–Crippen LogP) is 2.29. The average Bonchev–Trinajstić information content (AvgIpc) is 2.59. The van der Waals surface area contributed by atoms with E-state index in [0.29, 0.717) is 12.2 Å². The minimum atomic E-state index is -1.25. The van der Waals surface area contributed by atoms with E-state index in [0.717, 1.165) is 37.2 Å². The molecule has 0 unspecified atom stereocenters. The lowest BCUT2D eigenvalue weighted by Crippen LogP contribution is -2.54. The van der Waals surface area contributed by atoms with Gasteiger partial charge in [0, 0.05) is 31.5 Å². The van der Waals surface area contributed by atoms with Crippen molar-refractivity contribution in [1.82, 2.24) is 4.90 Å². The van der Waals surface area contributed by atoms with Crippen molar-refractivity contribution < 1.29 is 14.6 Å². The standard InChI is InChI=1S/C18H24N2O3/c1-4-13-10-20-6-5-12-7-16(22-2)17(23-3)8-14(12)15(20)9-18(13,21)11-19/h7-8,13,15,21H,4-6,9-10H2,1-3H3/t13-,15+,18+/m1/s1. The minimum Gasteiger partial charge on any atom is -0.493 e. The van der Waals surface area contributed by atoms with Crippen LogP contribution in [0.3, 0.4) is 0 Å². The Hall–Kier alpha value is -1.77. The molecule has 5 heteroatoms. The topological polar surface area (TPSA) is 65.7 Å². The Bertz CT molecular complexity index is 640. The molecule has 0 radical (unpaired) electrons. The van der Waals surface area contributed by atoms with Crippen LogP contribution >= 0.6 is 0 Å². The fraction of sp³-hybridized carbons (Fsp3) is 0.611. The third-order valence-electron chi connectivity index (χ3n) is 5.43. The summed E-state index contributed by atoms with van der Waals surface area (Å²) in [5, 5.41) is 20.3. The van der Waals surface area contributed by atoms with Crippen LogP contribution in [-0.4, -0.2) is 42.9 Å². The van der Waals surface area contributed by atoms with Crippen LogP contribution in [0.2, 0.25) is 0 Å². The summed E-state index contributed by atoms with van der Waals surface area (Å²) in [4.78, 5) is 2.40. The van der Waals surface area contributed by atoms with Crippen LogP contribution in [0.1, 0.15) is 36.9 Å². The van der Waals surface area contributed by atoms with Crippen molar-refractivity contribution in [3.05, 3.63) is 23.3 Å². The zero-order chi connectivity index (χ0) is 16.6. The Labute approximate surface area is 137 Å². The van der Waals surface area contributed by atoms with E-state index in [9.17, 15) is 10.4 Å². The molecule has 0 aliphatic carbocycles. The molecule has 0 amide bonds. The molecule has 1 fully saturated rings. The largest absolute Gasteiger partial charge is 0.493 e. The molecule has 5 nitrogen and oxygen atoms in total. The van der Waals surface area contributed by atoms with Crippen molar-refractivity contribution in [2.75, 3.05) is 27.3 Å². The first-order valence-electron chi connectivity index (χ1n) is 8.18. The number of aliphatic hydroxyl groups is 1. The maximum Gasteiger partial charge on any atom is 0.161 e. The average molecular weight is 316 g/mol. The van der Waals surface area contributed by atoms with E-state index in [1.54, 1.807) is 14.2 Å². The van der Waals surface area contributed by atoms with Crippen molar-refractivity contribution in [1.29, 1.82) is 5.26 Å². The van der Waals surface area contributed by atoms with Crippen LogP contribution < -0.4 is 9.47 Å². The summed E-state index contributed by atoms with van der Waals surface area (Å²) in [6.07, 6.45) is 2.21. The Kier molecular flexibility index (Phi) is 4.22. The first-order valence-corrected chi connectivity index (χ1v) is 8.18. The summed E-state index contributed by atoms with van der Waals surface area (Å²) in [7, 11) is 3.27. The van der Waals surface area contributed by atoms with E-state index in [-0.39, 0.29) is 12.0 Å². The third-order valence-corrected chi connectivity index (χ3v) is 5.43. The highest BCUT2D eigenvalue weighted by Gasteiger charge is 2.47. The van der Waals surface area contributed by atoms with Gasteiger partial charge in [0.2, 0.25) is 0 Å². The van der Waals surface area contributed by atoms with Gasteiger partial charge in [-0.25, -0.2) is 0 Å². The number of fused-ring (bicyclic) bond motifs is 3. The number of nitrogens with zero attached hydrogens (tertiary/aromatic N) is 2. The number of hydrogen-bond donors (Lipinski definition) is 1. The number of piperidine rings is 1. The van der Waals surface area contributed by atoms with Crippen LogP contribution in [-0.2, 0) is 6.42 Å². The summed E-state index contributed by atoms with van der Waals surface area (Å²) in [6.45, 7) is 3.75. The zero-order valence-corrected chi connectivity index (χ0v) is 14.0. The summed E-state index contributed by atoms with van der Waals surface area (Å²) in [5.74, 6) is 1.44. The fourth-order valence-corrected chi connectivity index (χ4v) is 4.04. The van der Waals surface area contributed by atoms with Gasteiger partial charge in [0.1, 0.15) is 0 Å². The molecule has 23 heavy (non-hydrogen) atoms. The number of hydrogen-bond acceptors (Lipinski definition) is 5.